The summed E-state index contributed by atoms with van der Waals surface area (Å²) in [6.07, 6.45) is 2.69. The Bertz CT molecular complexity index is 595. The van der Waals surface area contributed by atoms with Crippen molar-refractivity contribution in [1.29, 1.82) is 0 Å². The number of benzene rings is 1. The number of aromatic nitrogens is 2. The van der Waals surface area contributed by atoms with Gasteiger partial charge in [-0.2, -0.15) is 0 Å². The van der Waals surface area contributed by atoms with Crippen LogP contribution in [0.2, 0.25) is 0 Å². The smallest absolute Gasteiger partial charge is 0.317 e. The van der Waals surface area contributed by atoms with Gasteiger partial charge in [-0.05, 0) is 30.7 Å². The van der Waals surface area contributed by atoms with E-state index in [9.17, 15) is 4.79 Å². The summed E-state index contributed by atoms with van der Waals surface area (Å²) >= 11 is 3.41. The van der Waals surface area contributed by atoms with Crippen LogP contribution in [0, 0.1) is 0 Å². The van der Waals surface area contributed by atoms with Crippen molar-refractivity contribution < 1.29 is 9.90 Å². The molecule has 0 saturated carbocycles. The first-order chi connectivity index (χ1) is 10.1. The van der Waals surface area contributed by atoms with Gasteiger partial charge in [0.1, 0.15) is 5.82 Å². The molecule has 0 bridgehead atoms. The zero-order valence-electron chi connectivity index (χ0n) is 11.8. The van der Waals surface area contributed by atoms with Crippen LogP contribution < -0.4 is 0 Å². The van der Waals surface area contributed by atoms with E-state index in [1.54, 1.807) is 6.20 Å². The molecule has 1 heterocycles. The number of nitrogens with one attached hydrogen (secondary N) is 1. The fourth-order valence-electron chi connectivity index (χ4n) is 2.15. The molecule has 2 N–H and O–H groups in total. The number of aliphatic carboxylic acids is 1. The highest BCUT2D eigenvalue weighted by molar-refractivity contribution is 9.10. The topological polar surface area (TPSA) is 69.2 Å². The Hall–Kier alpha value is -1.66. The van der Waals surface area contributed by atoms with Crippen molar-refractivity contribution in [1.82, 2.24) is 14.9 Å². The first kappa shape index (κ1) is 15.7. The maximum Gasteiger partial charge on any atom is 0.317 e. The van der Waals surface area contributed by atoms with Gasteiger partial charge < -0.3 is 10.1 Å². The number of aromatic amines is 1. The standard InChI is InChI=1S/C15H18BrN3O2/c1-2-7-19(10-15(20)21)9-14-17-8-13(18-14)11-3-5-12(16)6-4-11/h3-6,8H,2,7,9-10H2,1H3,(H,17,18)(H,20,21). The summed E-state index contributed by atoms with van der Waals surface area (Å²) in [5.74, 6) is -0.0363. The minimum Gasteiger partial charge on any atom is -0.480 e. The molecule has 0 fully saturated rings. The number of nitrogens with zero attached hydrogens (tertiary/aromatic N) is 2. The monoisotopic (exact) mass is 351 g/mol. The van der Waals surface area contributed by atoms with Crippen LogP contribution in [-0.2, 0) is 11.3 Å². The predicted octanol–water partition coefficient (Wildman–Crippen LogP) is 3.14. The molecule has 0 unspecified atom stereocenters. The van der Waals surface area contributed by atoms with Gasteiger partial charge in [-0.1, -0.05) is 35.0 Å². The Morgan fingerprint density at radius 2 is 2.10 bits per heavy atom. The lowest BCUT2D eigenvalue weighted by molar-refractivity contribution is -0.138. The number of H-pyrrole nitrogens is 1. The van der Waals surface area contributed by atoms with Crippen molar-refractivity contribution in [2.24, 2.45) is 0 Å². The van der Waals surface area contributed by atoms with Crippen molar-refractivity contribution in [3.8, 4) is 11.3 Å². The Kier molecular flexibility index (Phi) is 5.52. The number of hydrogen-bond donors (Lipinski definition) is 2. The van der Waals surface area contributed by atoms with Gasteiger partial charge >= 0.3 is 5.97 Å². The van der Waals surface area contributed by atoms with Crippen LogP contribution in [0.1, 0.15) is 19.2 Å². The molecule has 1 aromatic carbocycles. The van der Waals surface area contributed by atoms with Gasteiger partial charge in [0.05, 0.1) is 25.0 Å². The molecule has 6 heteroatoms. The van der Waals surface area contributed by atoms with Crippen LogP contribution in [0.15, 0.2) is 34.9 Å². The van der Waals surface area contributed by atoms with Gasteiger partial charge in [0, 0.05) is 4.47 Å². The molecule has 21 heavy (non-hydrogen) atoms. The zero-order chi connectivity index (χ0) is 15.2. The zero-order valence-corrected chi connectivity index (χ0v) is 13.4. The Morgan fingerprint density at radius 3 is 2.71 bits per heavy atom. The van der Waals surface area contributed by atoms with Gasteiger partial charge in [0.25, 0.3) is 0 Å². The number of hydrogen-bond acceptors (Lipinski definition) is 3. The highest BCUT2D eigenvalue weighted by Crippen LogP contribution is 2.20. The molecule has 0 aliphatic rings. The van der Waals surface area contributed by atoms with Crippen LogP contribution in [0.3, 0.4) is 0 Å². The minimum absolute atomic E-state index is 0.0299. The summed E-state index contributed by atoms with van der Waals surface area (Å²) in [4.78, 5) is 20.3. The third-order valence-corrected chi connectivity index (χ3v) is 3.58. The van der Waals surface area contributed by atoms with E-state index < -0.39 is 5.97 Å². The molecule has 2 aromatic rings. The van der Waals surface area contributed by atoms with Crippen LogP contribution >= 0.6 is 15.9 Å². The second kappa shape index (κ2) is 7.38. The SMILES string of the molecule is CCCN(CC(=O)O)Cc1ncc(-c2ccc(Br)cc2)[nH]1. The molecular weight excluding hydrogens is 334 g/mol. The van der Waals surface area contributed by atoms with E-state index in [4.69, 9.17) is 5.11 Å². The minimum atomic E-state index is -0.817. The predicted molar refractivity (Wildman–Crippen MR) is 84.9 cm³/mol. The van der Waals surface area contributed by atoms with Crippen LogP contribution in [-0.4, -0.2) is 39.0 Å². The molecule has 0 spiro atoms. The van der Waals surface area contributed by atoms with Crippen LogP contribution in [0.4, 0.5) is 0 Å². The lowest BCUT2D eigenvalue weighted by Crippen LogP contribution is -2.30. The molecule has 2 rings (SSSR count). The van der Waals surface area contributed by atoms with Crippen LogP contribution in [0.5, 0.6) is 0 Å². The number of carboxylic acid groups (broad SMARTS) is 1. The maximum absolute atomic E-state index is 10.9. The van der Waals surface area contributed by atoms with E-state index in [1.807, 2.05) is 36.1 Å². The molecular formula is C15H18BrN3O2. The van der Waals surface area contributed by atoms with Crippen molar-refractivity contribution in [2.45, 2.75) is 19.9 Å². The number of imidazole rings is 1. The van der Waals surface area contributed by atoms with Crippen LogP contribution in [0.25, 0.3) is 11.3 Å². The van der Waals surface area contributed by atoms with E-state index >= 15 is 0 Å². The normalized spacial score (nSPS) is 11.0. The summed E-state index contributed by atoms with van der Waals surface area (Å²) in [6, 6.07) is 7.96. The van der Waals surface area contributed by atoms with E-state index in [2.05, 4.69) is 25.9 Å². The second-order valence-corrected chi connectivity index (χ2v) is 5.77. The molecule has 0 amide bonds. The van der Waals surface area contributed by atoms with Crippen molar-refractivity contribution in [2.75, 3.05) is 13.1 Å². The molecule has 0 aliphatic carbocycles. The molecule has 0 radical (unpaired) electrons. The number of halogens is 1. The quantitative estimate of drug-likeness (QED) is 0.803. The summed E-state index contributed by atoms with van der Waals surface area (Å²) in [5, 5.41) is 8.92. The van der Waals surface area contributed by atoms with Crippen molar-refractivity contribution in [3.05, 3.63) is 40.8 Å². The molecule has 5 nitrogen and oxygen atoms in total. The Balaban J connectivity index is 2.07. The third kappa shape index (κ3) is 4.68. The molecule has 0 atom stereocenters. The number of rotatable bonds is 7. The van der Waals surface area contributed by atoms with Gasteiger partial charge in [0.15, 0.2) is 0 Å². The highest BCUT2D eigenvalue weighted by Gasteiger charge is 2.12. The first-order valence-electron chi connectivity index (χ1n) is 6.82. The summed E-state index contributed by atoms with van der Waals surface area (Å²) in [5.41, 5.74) is 1.99. The van der Waals surface area contributed by atoms with Gasteiger partial charge in [-0.3, -0.25) is 9.69 Å². The lowest BCUT2D eigenvalue weighted by Gasteiger charge is -2.17. The van der Waals surface area contributed by atoms with E-state index in [0.29, 0.717) is 6.54 Å². The van der Waals surface area contributed by atoms with Gasteiger partial charge in [-0.15, -0.1) is 0 Å². The molecule has 112 valence electrons. The summed E-state index contributed by atoms with van der Waals surface area (Å²) < 4.78 is 1.03. The number of carbonyl (C=O) groups is 1. The third-order valence-electron chi connectivity index (χ3n) is 3.06. The van der Waals surface area contributed by atoms with Crippen molar-refractivity contribution >= 4 is 21.9 Å². The average Bonchev–Trinajstić information content (AvgIpc) is 2.87. The Morgan fingerprint density at radius 1 is 1.38 bits per heavy atom. The summed E-state index contributed by atoms with van der Waals surface area (Å²) in [7, 11) is 0. The van der Waals surface area contributed by atoms with E-state index in [0.717, 1.165) is 34.5 Å². The molecule has 0 saturated heterocycles. The van der Waals surface area contributed by atoms with Gasteiger partial charge in [-0.25, -0.2) is 4.98 Å². The largest absolute Gasteiger partial charge is 0.480 e. The number of carboxylic acids is 1. The highest BCUT2D eigenvalue weighted by atomic mass is 79.9. The van der Waals surface area contributed by atoms with E-state index in [1.165, 1.54) is 0 Å². The van der Waals surface area contributed by atoms with Crippen molar-refractivity contribution in [3.63, 3.8) is 0 Å². The fourth-order valence-corrected chi connectivity index (χ4v) is 2.42. The first-order valence-corrected chi connectivity index (χ1v) is 7.61. The lowest BCUT2D eigenvalue weighted by atomic mass is 10.2. The second-order valence-electron chi connectivity index (χ2n) is 4.85. The van der Waals surface area contributed by atoms with Gasteiger partial charge in [0.2, 0.25) is 0 Å². The summed E-state index contributed by atoms with van der Waals surface area (Å²) in [6.45, 7) is 3.31. The molecule has 0 aliphatic heterocycles. The maximum atomic E-state index is 10.9. The average molecular weight is 352 g/mol. The van der Waals surface area contributed by atoms with E-state index in [-0.39, 0.29) is 6.54 Å². The fraction of sp³-hybridized carbons (Fsp3) is 0.333. The Labute approximate surface area is 132 Å². The molecule has 1 aromatic heterocycles.